The van der Waals surface area contributed by atoms with Crippen LogP contribution in [0.2, 0.25) is 0 Å². The molecule has 192 valence electrons. The number of carbonyl (C=O) groups is 1. The molecule has 11 heteroatoms. The quantitative estimate of drug-likeness (QED) is 0.386. The van der Waals surface area contributed by atoms with Gasteiger partial charge >= 0.3 is 6.18 Å². The van der Waals surface area contributed by atoms with Crippen LogP contribution in [0.3, 0.4) is 0 Å². The molecule has 7 nitrogen and oxygen atoms in total. The summed E-state index contributed by atoms with van der Waals surface area (Å²) < 4.78 is 50.1. The Kier molecular flexibility index (Phi) is 8.01. The van der Waals surface area contributed by atoms with Crippen LogP contribution in [0.5, 0.6) is 5.75 Å². The van der Waals surface area contributed by atoms with Gasteiger partial charge in [0.05, 0.1) is 6.61 Å². The molecule has 0 spiro atoms. The van der Waals surface area contributed by atoms with Crippen molar-refractivity contribution >= 4 is 17.1 Å². The Labute approximate surface area is 211 Å². The Morgan fingerprint density at radius 3 is 2.61 bits per heavy atom. The molecule has 4 rings (SSSR count). The topological polar surface area (TPSA) is 77.4 Å². The SMILES string of the molecule is Cc1cnc(-c2cc(OC[C@H]3CN(C)CCO3)cc(C(=O)C[C@H](C)c3cnc(C(F)(F)F)nc3)c2)s1. The number of halogens is 3. The lowest BCUT2D eigenvalue weighted by Gasteiger charge is -2.29. The van der Waals surface area contributed by atoms with E-state index in [2.05, 4.69) is 19.9 Å². The lowest BCUT2D eigenvalue weighted by molar-refractivity contribution is -0.145. The molecule has 3 heterocycles. The Bertz CT molecular complexity index is 1200. The Balaban J connectivity index is 1.52. The van der Waals surface area contributed by atoms with E-state index in [-0.39, 0.29) is 24.2 Å². The molecule has 1 saturated heterocycles. The summed E-state index contributed by atoms with van der Waals surface area (Å²) in [6.45, 7) is 6.32. The monoisotopic (exact) mass is 520 g/mol. The Morgan fingerprint density at radius 1 is 1.22 bits per heavy atom. The molecule has 0 bridgehead atoms. The summed E-state index contributed by atoms with van der Waals surface area (Å²) in [5.74, 6) is -1.21. The maximum absolute atomic E-state index is 13.2. The third-order valence-corrected chi connectivity index (χ3v) is 6.82. The summed E-state index contributed by atoms with van der Waals surface area (Å²) in [4.78, 5) is 27.7. The number of ketones is 1. The van der Waals surface area contributed by atoms with Gasteiger partial charge in [-0.1, -0.05) is 6.92 Å². The zero-order valence-electron chi connectivity index (χ0n) is 20.2. The fraction of sp³-hybridized carbons (Fsp3) is 0.440. The van der Waals surface area contributed by atoms with Crippen molar-refractivity contribution in [2.24, 2.45) is 0 Å². The summed E-state index contributed by atoms with van der Waals surface area (Å²) in [7, 11) is 2.03. The lowest BCUT2D eigenvalue weighted by atomic mass is 9.94. The number of thiazole rings is 1. The number of aromatic nitrogens is 3. The molecule has 0 radical (unpaired) electrons. The summed E-state index contributed by atoms with van der Waals surface area (Å²) >= 11 is 1.51. The molecule has 3 aromatic rings. The molecule has 1 aromatic carbocycles. The second-order valence-electron chi connectivity index (χ2n) is 8.95. The minimum absolute atomic E-state index is 0.0744. The molecule has 2 atom stereocenters. The van der Waals surface area contributed by atoms with Crippen molar-refractivity contribution in [3.05, 3.63) is 58.6 Å². The number of likely N-dealkylation sites (N-methyl/N-ethyl adjacent to an activating group) is 1. The normalized spacial score (nSPS) is 17.7. The van der Waals surface area contributed by atoms with Gasteiger partial charge in [0.15, 0.2) is 5.78 Å². The van der Waals surface area contributed by atoms with Gasteiger partial charge in [-0.3, -0.25) is 4.79 Å². The second kappa shape index (κ2) is 11.0. The van der Waals surface area contributed by atoms with Gasteiger partial charge in [-0.2, -0.15) is 13.2 Å². The molecule has 0 amide bonds. The van der Waals surface area contributed by atoms with E-state index in [1.165, 1.54) is 11.3 Å². The number of hydrogen-bond donors (Lipinski definition) is 0. The molecule has 36 heavy (non-hydrogen) atoms. The van der Waals surface area contributed by atoms with Crippen LogP contribution in [-0.4, -0.2) is 65.1 Å². The van der Waals surface area contributed by atoms with Crippen LogP contribution < -0.4 is 4.74 Å². The maximum Gasteiger partial charge on any atom is 0.451 e. The number of ether oxygens (including phenoxy) is 2. The third kappa shape index (κ3) is 6.65. The van der Waals surface area contributed by atoms with Crippen LogP contribution in [0.1, 0.15) is 45.9 Å². The smallest absolute Gasteiger partial charge is 0.451 e. The first-order chi connectivity index (χ1) is 17.1. The average Bonchev–Trinajstić information content (AvgIpc) is 3.28. The Hall–Kier alpha value is -2.89. The molecule has 1 aliphatic rings. The van der Waals surface area contributed by atoms with Gasteiger partial charge < -0.3 is 14.4 Å². The average molecular weight is 521 g/mol. The lowest BCUT2D eigenvalue weighted by Crippen LogP contribution is -2.42. The number of rotatable bonds is 8. The van der Waals surface area contributed by atoms with Gasteiger partial charge in [0, 0.05) is 54.1 Å². The van der Waals surface area contributed by atoms with Crippen molar-refractivity contribution < 1.29 is 27.4 Å². The van der Waals surface area contributed by atoms with E-state index in [1.807, 2.05) is 20.0 Å². The highest BCUT2D eigenvalue weighted by Crippen LogP contribution is 2.32. The van der Waals surface area contributed by atoms with Crippen molar-refractivity contribution in [1.82, 2.24) is 19.9 Å². The first kappa shape index (κ1) is 26.2. The number of benzene rings is 1. The molecule has 2 aromatic heterocycles. The highest BCUT2D eigenvalue weighted by molar-refractivity contribution is 7.14. The van der Waals surface area contributed by atoms with Crippen molar-refractivity contribution in [3.8, 4) is 16.3 Å². The summed E-state index contributed by atoms with van der Waals surface area (Å²) in [6, 6.07) is 5.32. The Morgan fingerprint density at radius 2 is 1.97 bits per heavy atom. The molecule has 0 N–H and O–H groups in total. The summed E-state index contributed by atoms with van der Waals surface area (Å²) in [5.41, 5.74) is 1.66. The molecular weight excluding hydrogens is 493 g/mol. The van der Waals surface area contributed by atoms with E-state index in [0.717, 1.165) is 40.9 Å². The highest BCUT2D eigenvalue weighted by Gasteiger charge is 2.34. The van der Waals surface area contributed by atoms with Crippen molar-refractivity contribution in [3.63, 3.8) is 0 Å². The number of Topliss-reactive ketones (excluding diaryl/α,β-unsaturated/α-hetero) is 1. The largest absolute Gasteiger partial charge is 0.491 e. The minimum atomic E-state index is -4.61. The van der Waals surface area contributed by atoms with E-state index in [9.17, 15) is 18.0 Å². The number of morpholine rings is 1. The fourth-order valence-corrected chi connectivity index (χ4v) is 4.62. The van der Waals surface area contributed by atoms with Gasteiger partial charge in [-0.05, 0) is 43.7 Å². The van der Waals surface area contributed by atoms with Gasteiger partial charge in [-0.25, -0.2) is 15.0 Å². The van der Waals surface area contributed by atoms with Crippen LogP contribution in [0.15, 0.2) is 36.8 Å². The summed E-state index contributed by atoms with van der Waals surface area (Å²) in [5, 5.41) is 0.768. The van der Waals surface area contributed by atoms with E-state index < -0.39 is 12.0 Å². The molecule has 0 aliphatic carbocycles. The van der Waals surface area contributed by atoms with Crippen molar-refractivity contribution in [1.29, 1.82) is 0 Å². The molecule has 1 aliphatic heterocycles. The third-order valence-electron chi connectivity index (χ3n) is 5.86. The van der Waals surface area contributed by atoms with Crippen LogP contribution >= 0.6 is 11.3 Å². The number of carbonyl (C=O) groups excluding carboxylic acids is 1. The minimum Gasteiger partial charge on any atom is -0.491 e. The van der Waals surface area contributed by atoms with Gasteiger partial charge in [0.2, 0.25) is 5.82 Å². The first-order valence-electron chi connectivity index (χ1n) is 11.5. The molecule has 0 saturated carbocycles. The molecule has 0 unspecified atom stereocenters. The molecular formula is C25H27F3N4O3S. The van der Waals surface area contributed by atoms with Gasteiger partial charge in [0.25, 0.3) is 0 Å². The number of hydrogen-bond acceptors (Lipinski definition) is 8. The number of alkyl halides is 3. The number of aryl methyl sites for hydroxylation is 1. The van der Waals surface area contributed by atoms with Crippen LogP contribution in [0.4, 0.5) is 13.2 Å². The van der Waals surface area contributed by atoms with Crippen molar-refractivity contribution in [2.75, 3.05) is 33.4 Å². The number of nitrogens with zero attached hydrogens (tertiary/aromatic N) is 4. The zero-order valence-corrected chi connectivity index (χ0v) is 21.0. The van der Waals surface area contributed by atoms with Crippen molar-refractivity contribution in [2.45, 2.75) is 38.5 Å². The van der Waals surface area contributed by atoms with Crippen LogP contribution in [0, 0.1) is 6.92 Å². The van der Waals surface area contributed by atoms with E-state index in [0.29, 0.717) is 30.1 Å². The fourth-order valence-electron chi connectivity index (χ4n) is 3.86. The van der Waals surface area contributed by atoms with Crippen LogP contribution in [0.25, 0.3) is 10.6 Å². The van der Waals surface area contributed by atoms with Gasteiger partial charge in [-0.15, -0.1) is 11.3 Å². The predicted octanol–water partition coefficient (Wildman–Crippen LogP) is 5.01. The second-order valence-corrected chi connectivity index (χ2v) is 10.2. The maximum atomic E-state index is 13.2. The predicted molar refractivity (Wildman–Crippen MR) is 129 cm³/mol. The van der Waals surface area contributed by atoms with Crippen LogP contribution in [-0.2, 0) is 10.9 Å². The van der Waals surface area contributed by atoms with E-state index in [1.54, 1.807) is 25.3 Å². The van der Waals surface area contributed by atoms with E-state index in [4.69, 9.17) is 9.47 Å². The zero-order chi connectivity index (χ0) is 25.9. The van der Waals surface area contributed by atoms with Gasteiger partial charge in [0.1, 0.15) is 23.5 Å². The summed E-state index contributed by atoms with van der Waals surface area (Å²) in [6.07, 6.45) is -0.594. The first-order valence-corrected chi connectivity index (χ1v) is 12.3. The standard InChI is InChI=1S/C25H27F3N4O3S/c1-15(19-11-30-24(31-12-19)25(26,27)28)6-22(33)17-7-18(23-29-10-16(2)36-23)9-20(8-17)35-14-21-13-32(3)4-5-34-21/h7-12,15,21H,4-6,13-14H2,1-3H3/t15-,21+/m0/s1. The molecule has 1 fully saturated rings. The highest BCUT2D eigenvalue weighted by atomic mass is 32.1. The van der Waals surface area contributed by atoms with E-state index >= 15 is 0 Å².